The van der Waals surface area contributed by atoms with Gasteiger partial charge in [-0.2, -0.15) is 0 Å². The molecule has 2 aliphatic heterocycles. The number of anilines is 1. The van der Waals surface area contributed by atoms with Crippen LogP contribution in [0, 0.1) is 5.92 Å². The summed E-state index contributed by atoms with van der Waals surface area (Å²) < 4.78 is 0. The van der Waals surface area contributed by atoms with Crippen LogP contribution < -0.4 is 15.5 Å². The normalized spacial score (nSPS) is 21.6. The Morgan fingerprint density at radius 1 is 1.18 bits per heavy atom. The van der Waals surface area contributed by atoms with Crippen LogP contribution in [-0.4, -0.2) is 61.5 Å². The van der Waals surface area contributed by atoms with E-state index in [1.807, 2.05) is 6.07 Å². The Morgan fingerprint density at radius 2 is 1.89 bits per heavy atom. The molecule has 2 aliphatic rings. The van der Waals surface area contributed by atoms with E-state index in [4.69, 9.17) is 0 Å². The van der Waals surface area contributed by atoms with Crippen LogP contribution in [0.5, 0.6) is 0 Å². The molecular formula is C22H34N4O2. The number of para-hydroxylation sites is 1. The van der Waals surface area contributed by atoms with E-state index in [0.29, 0.717) is 12.5 Å². The lowest BCUT2D eigenvalue weighted by molar-refractivity contribution is -0.134. The van der Waals surface area contributed by atoms with Gasteiger partial charge in [-0.1, -0.05) is 32.0 Å². The molecule has 0 saturated carbocycles. The molecule has 1 aromatic rings. The van der Waals surface area contributed by atoms with E-state index in [-0.39, 0.29) is 30.3 Å². The van der Waals surface area contributed by atoms with Gasteiger partial charge in [0.2, 0.25) is 11.8 Å². The summed E-state index contributed by atoms with van der Waals surface area (Å²) in [6.07, 6.45) is 3.18. The first kappa shape index (κ1) is 20.6. The van der Waals surface area contributed by atoms with Gasteiger partial charge < -0.3 is 15.5 Å². The maximum Gasteiger partial charge on any atom is 0.237 e. The third kappa shape index (κ3) is 5.71. The summed E-state index contributed by atoms with van der Waals surface area (Å²) in [7, 11) is 0. The van der Waals surface area contributed by atoms with Gasteiger partial charge in [0.1, 0.15) is 0 Å². The number of carbonyl (C=O) groups is 2. The predicted molar refractivity (Wildman–Crippen MR) is 112 cm³/mol. The maximum absolute atomic E-state index is 12.6. The molecule has 0 unspecified atom stereocenters. The number of piperidine rings is 1. The van der Waals surface area contributed by atoms with Gasteiger partial charge in [0.05, 0.1) is 12.5 Å². The highest BCUT2D eigenvalue weighted by molar-refractivity contribution is 5.88. The summed E-state index contributed by atoms with van der Waals surface area (Å²) in [5.74, 6) is 0.577. The fraction of sp³-hybridized carbons (Fsp3) is 0.636. The first-order valence-corrected chi connectivity index (χ1v) is 10.6. The van der Waals surface area contributed by atoms with Crippen molar-refractivity contribution < 1.29 is 9.59 Å². The van der Waals surface area contributed by atoms with Crippen molar-refractivity contribution in [2.24, 2.45) is 5.92 Å². The molecule has 2 amide bonds. The lowest BCUT2D eigenvalue weighted by Crippen LogP contribution is -2.57. The number of rotatable bonds is 7. The van der Waals surface area contributed by atoms with E-state index in [1.54, 1.807) is 0 Å². The molecule has 28 heavy (non-hydrogen) atoms. The highest BCUT2D eigenvalue weighted by Gasteiger charge is 2.32. The maximum atomic E-state index is 12.6. The van der Waals surface area contributed by atoms with Gasteiger partial charge in [-0.3, -0.25) is 14.5 Å². The van der Waals surface area contributed by atoms with E-state index in [0.717, 1.165) is 45.4 Å². The summed E-state index contributed by atoms with van der Waals surface area (Å²) in [6, 6.07) is 10.3. The number of carbonyl (C=O) groups excluding carboxylic acids is 2. The van der Waals surface area contributed by atoms with Crippen molar-refractivity contribution in [3.63, 3.8) is 0 Å². The molecule has 3 rings (SSSR count). The first-order chi connectivity index (χ1) is 13.5. The Hall–Kier alpha value is -2.08. The van der Waals surface area contributed by atoms with Crippen molar-refractivity contribution >= 4 is 17.5 Å². The summed E-state index contributed by atoms with van der Waals surface area (Å²) in [5, 5.41) is 6.09. The predicted octanol–water partition coefficient (Wildman–Crippen LogP) is 2.01. The fourth-order valence-electron chi connectivity index (χ4n) is 4.06. The molecule has 6 heteroatoms. The Labute approximate surface area is 168 Å². The van der Waals surface area contributed by atoms with E-state index < -0.39 is 0 Å². The minimum absolute atomic E-state index is 0.00485. The largest absolute Gasteiger partial charge is 0.371 e. The molecule has 2 fully saturated rings. The Balaban J connectivity index is 1.47. The molecule has 1 atom stereocenters. The van der Waals surface area contributed by atoms with Gasteiger partial charge in [0, 0.05) is 37.9 Å². The Morgan fingerprint density at radius 3 is 2.57 bits per heavy atom. The van der Waals surface area contributed by atoms with Gasteiger partial charge >= 0.3 is 0 Å². The monoisotopic (exact) mass is 386 g/mol. The van der Waals surface area contributed by atoms with E-state index in [9.17, 15) is 9.59 Å². The van der Waals surface area contributed by atoms with Crippen LogP contribution in [-0.2, 0) is 9.59 Å². The standard InChI is InChI=1S/C22H34N4O2/c1-17(2)8-12-26-15-11-23-22(28)20(26)16-21(27)24-18-9-13-25(14-10-18)19-6-4-3-5-7-19/h3-7,17-18,20H,8-16H2,1-2H3,(H,23,28)(H,24,27)/t20-/m1/s1. The van der Waals surface area contributed by atoms with Crippen molar-refractivity contribution in [3.8, 4) is 0 Å². The Bertz CT molecular complexity index is 641. The van der Waals surface area contributed by atoms with Gasteiger partial charge in [-0.15, -0.1) is 0 Å². The average molecular weight is 387 g/mol. The molecule has 1 aromatic carbocycles. The summed E-state index contributed by atoms with van der Waals surface area (Å²) in [5.41, 5.74) is 1.24. The zero-order valence-electron chi connectivity index (χ0n) is 17.2. The van der Waals surface area contributed by atoms with Crippen molar-refractivity contribution in [3.05, 3.63) is 30.3 Å². The molecule has 0 aromatic heterocycles. The molecule has 0 bridgehead atoms. The van der Waals surface area contributed by atoms with E-state index in [1.165, 1.54) is 5.69 Å². The molecule has 2 heterocycles. The van der Waals surface area contributed by atoms with Crippen molar-refractivity contribution in [1.29, 1.82) is 0 Å². The third-order valence-electron chi connectivity index (χ3n) is 5.80. The number of nitrogens with one attached hydrogen (secondary N) is 2. The Kier molecular flexibility index (Phi) is 7.31. The minimum atomic E-state index is -0.336. The third-order valence-corrected chi connectivity index (χ3v) is 5.80. The quantitative estimate of drug-likeness (QED) is 0.752. The zero-order valence-corrected chi connectivity index (χ0v) is 17.2. The van der Waals surface area contributed by atoms with Gasteiger partial charge in [0.25, 0.3) is 0 Å². The van der Waals surface area contributed by atoms with Gasteiger partial charge in [-0.05, 0) is 43.9 Å². The second kappa shape index (κ2) is 9.92. The summed E-state index contributed by atoms with van der Waals surface area (Å²) in [4.78, 5) is 29.5. The van der Waals surface area contributed by atoms with E-state index >= 15 is 0 Å². The zero-order chi connectivity index (χ0) is 19.9. The fourth-order valence-corrected chi connectivity index (χ4v) is 4.06. The van der Waals surface area contributed by atoms with Crippen LogP contribution in [0.1, 0.15) is 39.5 Å². The molecule has 2 N–H and O–H groups in total. The smallest absolute Gasteiger partial charge is 0.237 e. The summed E-state index contributed by atoms with van der Waals surface area (Å²) in [6.45, 7) is 8.64. The van der Waals surface area contributed by atoms with E-state index in [2.05, 4.69) is 58.5 Å². The van der Waals surface area contributed by atoms with Crippen LogP contribution in [0.3, 0.4) is 0 Å². The number of piperazine rings is 1. The molecular weight excluding hydrogens is 352 g/mol. The average Bonchev–Trinajstić information content (AvgIpc) is 2.69. The number of hydrogen-bond acceptors (Lipinski definition) is 4. The topological polar surface area (TPSA) is 64.7 Å². The molecule has 0 spiro atoms. The van der Waals surface area contributed by atoms with Crippen LogP contribution in [0.2, 0.25) is 0 Å². The first-order valence-electron chi connectivity index (χ1n) is 10.6. The second-order valence-corrected chi connectivity index (χ2v) is 8.39. The van der Waals surface area contributed by atoms with Crippen LogP contribution in [0.15, 0.2) is 30.3 Å². The van der Waals surface area contributed by atoms with Crippen molar-refractivity contribution in [2.75, 3.05) is 37.6 Å². The van der Waals surface area contributed by atoms with Crippen molar-refractivity contribution in [2.45, 2.75) is 51.6 Å². The molecule has 2 saturated heterocycles. The molecule has 6 nitrogen and oxygen atoms in total. The van der Waals surface area contributed by atoms with Gasteiger partial charge in [-0.25, -0.2) is 0 Å². The number of amides is 2. The number of benzene rings is 1. The lowest BCUT2D eigenvalue weighted by Gasteiger charge is -2.36. The summed E-state index contributed by atoms with van der Waals surface area (Å²) >= 11 is 0. The number of nitrogens with zero attached hydrogens (tertiary/aromatic N) is 2. The highest BCUT2D eigenvalue weighted by atomic mass is 16.2. The van der Waals surface area contributed by atoms with Crippen molar-refractivity contribution in [1.82, 2.24) is 15.5 Å². The van der Waals surface area contributed by atoms with Crippen LogP contribution >= 0.6 is 0 Å². The van der Waals surface area contributed by atoms with Crippen LogP contribution in [0.4, 0.5) is 5.69 Å². The second-order valence-electron chi connectivity index (χ2n) is 8.39. The van der Waals surface area contributed by atoms with Gasteiger partial charge in [0.15, 0.2) is 0 Å². The molecule has 0 aliphatic carbocycles. The number of hydrogen-bond donors (Lipinski definition) is 2. The lowest BCUT2D eigenvalue weighted by atomic mass is 10.0. The minimum Gasteiger partial charge on any atom is -0.371 e. The molecule has 0 radical (unpaired) electrons. The SMILES string of the molecule is CC(C)CCN1CCNC(=O)[C@H]1CC(=O)NC1CCN(c2ccccc2)CC1. The molecule has 154 valence electrons. The van der Waals surface area contributed by atoms with Crippen LogP contribution in [0.25, 0.3) is 0 Å². The highest BCUT2D eigenvalue weighted by Crippen LogP contribution is 2.20.